The quantitative estimate of drug-likeness (QED) is 0.431. The molecule has 4 rings (SSSR count). The molecule has 0 aliphatic carbocycles. The Labute approximate surface area is 198 Å². The largest absolute Gasteiger partial charge is 0.382 e. The third kappa shape index (κ3) is 5.23. The highest BCUT2D eigenvalue weighted by Gasteiger charge is 2.16. The van der Waals surface area contributed by atoms with Crippen molar-refractivity contribution in [3.05, 3.63) is 70.8 Å². The molecule has 176 valence electrons. The maximum atomic E-state index is 12.1. The van der Waals surface area contributed by atoms with Crippen molar-refractivity contribution in [3.63, 3.8) is 0 Å². The van der Waals surface area contributed by atoms with E-state index < -0.39 is 0 Å². The predicted octanol–water partition coefficient (Wildman–Crippen LogP) is 4.68. The van der Waals surface area contributed by atoms with Gasteiger partial charge in [0.25, 0.3) is 5.56 Å². The van der Waals surface area contributed by atoms with E-state index in [0.29, 0.717) is 22.8 Å². The summed E-state index contributed by atoms with van der Waals surface area (Å²) in [5.41, 5.74) is 10.7. The number of hydrogen-bond acceptors (Lipinski definition) is 7. The number of hydrogen-bond donors (Lipinski definition) is 2. The van der Waals surface area contributed by atoms with Gasteiger partial charge in [-0.15, -0.1) is 0 Å². The van der Waals surface area contributed by atoms with Gasteiger partial charge in [0.1, 0.15) is 5.69 Å². The Balaban J connectivity index is 1.60. The molecule has 0 saturated carbocycles. The van der Waals surface area contributed by atoms with Crippen LogP contribution in [0.5, 0.6) is 0 Å². The van der Waals surface area contributed by atoms with Crippen LogP contribution in [0.4, 0.5) is 5.82 Å². The number of pyridine rings is 1. The molecule has 0 radical (unpaired) electrons. The zero-order chi connectivity index (χ0) is 24.5. The first-order valence-electron chi connectivity index (χ1n) is 11.3. The van der Waals surface area contributed by atoms with Crippen LogP contribution in [0, 0.1) is 0 Å². The second-order valence-corrected chi connectivity index (χ2v) is 9.62. The molecular formula is C26H30N6O2. The van der Waals surface area contributed by atoms with Crippen LogP contribution in [0.3, 0.4) is 0 Å². The molecular weight excluding hydrogens is 428 g/mol. The standard InChI is InChI=1S/C26H30N6O2/c1-16(2)32-15-19(10-11-23(32)33)21-14-28-25(27)24(30-21)22-12-20(31-34-22)18-8-6-17(7-9-18)13-29-26(3,4)5/h6-12,14-16,29H,13H2,1-5H3,(H2,27,28). The fourth-order valence-corrected chi connectivity index (χ4v) is 3.46. The van der Waals surface area contributed by atoms with E-state index in [4.69, 9.17) is 10.3 Å². The second-order valence-electron chi connectivity index (χ2n) is 9.62. The summed E-state index contributed by atoms with van der Waals surface area (Å²) in [5, 5.41) is 7.69. The smallest absolute Gasteiger partial charge is 0.250 e. The minimum absolute atomic E-state index is 0.0288. The molecule has 3 aromatic heterocycles. The van der Waals surface area contributed by atoms with Gasteiger partial charge >= 0.3 is 0 Å². The third-order valence-corrected chi connectivity index (χ3v) is 5.41. The molecule has 1 aromatic carbocycles. The van der Waals surface area contributed by atoms with Crippen LogP contribution < -0.4 is 16.6 Å². The first-order chi connectivity index (χ1) is 16.1. The Morgan fingerprint density at radius 3 is 2.44 bits per heavy atom. The van der Waals surface area contributed by atoms with Crippen molar-refractivity contribution in [2.24, 2.45) is 0 Å². The SMILES string of the molecule is CC(C)n1cc(-c2cnc(N)c(-c3cc(-c4ccc(CNC(C)(C)C)cc4)no3)n2)ccc1=O. The predicted molar refractivity (Wildman–Crippen MR) is 134 cm³/mol. The number of nitrogen functional groups attached to an aromatic ring is 1. The first-order valence-corrected chi connectivity index (χ1v) is 11.3. The van der Waals surface area contributed by atoms with E-state index in [-0.39, 0.29) is 23.0 Å². The molecule has 4 aromatic rings. The lowest BCUT2D eigenvalue weighted by Crippen LogP contribution is -2.35. The average molecular weight is 459 g/mol. The van der Waals surface area contributed by atoms with Gasteiger partial charge in [0.2, 0.25) is 0 Å². The van der Waals surface area contributed by atoms with Crippen LogP contribution in [0.15, 0.2) is 64.2 Å². The molecule has 0 aliphatic rings. The average Bonchev–Trinajstić information content (AvgIpc) is 3.28. The molecule has 34 heavy (non-hydrogen) atoms. The molecule has 8 heteroatoms. The zero-order valence-corrected chi connectivity index (χ0v) is 20.2. The molecule has 0 amide bonds. The van der Waals surface area contributed by atoms with Gasteiger partial charge in [-0.3, -0.25) is 4.79 Å². The number of aromatic nitrogens is 4. The highest BCUT2D eigenvalue weighted by atomic mass is 16.5. The van der Waals surface area contributed by atoms with Gasteiger partial charge in [0.15, 0.2) is 17.3 Å². The fourth-order valence-electron chi connectivity index (χ4n) is 3.46. The normalized spacial score (nSPS) is 11.8. The second kappa shape index (κ2) is 9.23. The van der Waals surface area contributed by atoms with E-state index >= 15 is 0 Å². The minimum atomic E-state index is -0.0672. The van der Waals surface area contributed by atoms with Crippen LogP contribution in [0.1, 0.15) is 46.2 Å². The highest BCUT2D eigenvalue weighted by molar-refractivity contribution is 5.72. The molecule has 0 saturated heterocycles. The molecule has 3 heterocycles. The first kappa shape index (κ1) is 23.4. The Morgan fingerprint density at radius 1 is 1.06 bits per heavy atom. The number of rotatable bonds is 6. The number of nitrogens with one attached hydrogen (secondary N) is 1. The zero-order valence-electron chi connectivity index (χ0n) is 20.2. The van der Waals surface area contributed by atoms with E-state index in [9.17, 15) is 4.79 Å². The van der Waals surface area contributed by atoms with Gasteiger partial charge in [0, 0.05) is 47.6 Å². The van der Waals surface area contributed by atoms with Gasteiger partial charge < -0.3 is 20.1 Å². The van der Waals surface area contributed by atoms with Gasteiger partial charge in [0.05, 0.1) is 11.9 Å². The Bertz CT molecular complexity index is 1350. The van der Waals surface area contributed by atoms with Crippen molar-refractivity contribution in [2.45, 2.75) is 52.7 Å². The van der Waals surface area contributed by atoms with Crippen LogP contribution >= 0.6 is 0 Å². The molecule has 0 bridgehead atoms. The lowest BCUT2D eigenvalue weighted by Gasteiger charge is -2.20. The van der Waals surface area contributed by atoms with E-state index in [1.165, 1.54) is 11.6 Å². The molecule has 0 spiro atoms. The van der Waals surface area contributed by atoms with E-state index in [0.717, 1.165) is 17.7 Å². The number of nitrogens with two attached hydrogens (primary N) is 1. The molecule has 0 unspecified atom stereocenters. The van der Waals surface area contributed by atoms with Gasteiger partial charge in [-0.05, 0) is 46.2 Å². The minimum Gasteiger partial charge on any atom is -0.382 e. The summed E-state index contributed by atoms with van der Waals surface area (Å²) in [6.07, 6.45) is 3.36. The van der Waals surface area contributed by atoms with E-state index in [1.807, 2.05) is 32.0 Å². The van der Waals surface area contributed by atoms with Crippen molar-refractivity contribution in [3.8, 4) is 34.0 Å². The van der Waals surface area contributed by atoms with Crippen LogP contribution in [-0.2, 0) is 6.54 Å². The van der Waals surface area contributed by atoms with Crippen molar-refractivity contribution < 1.29 is 4.52 Å². The molecule has 0 atom stereocenters. The summed E-state index contributed by atoms with van der Waals surface area (Å²) in [5.74, 6) is 0.671. The Kier molecular flexibility index (Phi) is 6.34. The van der Waals surface area contributed by atoms with E-state index in [2.05, 4.69) is 53.3 Å². The van der Waals surface area contributed by atoms with Crippen LogP contribution in [0.2, 0.25) is 0 Å². The summed E-state index contributed by atoms with van der Waals surface area (Å²) in [6.45, 7) is 11.1. The molecule has 0 fully saturated rings. The van der Waals surface area contributed by atoms with Crippen LogP contribution in [0.25, 0.3) is 34.0 Å². The Morgan fingerprint density at radius 2 is 1.76 bits per heavy atom. The van der Waals surface area contributed by atoms with Gasteiger partial charge in [-0.25, -0.2) is 9.97 Å². The van der Waals surface area contributed by atoms with Crippen molar-refractivity contribution in [1.29, 1.82) is 0 Å². The van der Waals surface area contributed by atoms with Crippen molar-refractivity contribution in [2.75, 3.05) is 5.73 Å². The number of benzene rings is 1. The van der Waals surface area contributed by atoms with Crippen molar-refractivity contribution in [1.82, 2.24) is 25.0 Å². The number of nitrogens with zero attached hydrogens (tertiary/aromatic N) is 4. The van der Waals surface area contributed by atoms with Crippen LogP contribution in [-0.4, -0.2) is 25.2 Å². The fraction of sp³-hybridized carbons (Fsp3) is 0.308. The topological polar surface area (TPSA) is 112 Å². The van der Waals surface area contributed by atoms with E-state index in [1.54, 1.807) is 23.0 Å². The van der Waals surface area contributed by atoms with Gasteiger partial charge in [-0.1, -0.05) is 29.4 Å². The summed E-state index contributed by atoms with van der Waals surface area (Å²) < 4.78 is 7.23. The summed E-state index contributed by atoms with van der Waals surface area (Å²) >= 11 is 0. The number of anilines is 1. The molecule has 8 nitrogen and oxygen atoms in total. The monoisotopic (exact) mass is 458 g/mol. The maximum Gasteiger partial charge on any atom is 0.250 e. The lowest BCUT2D eigenvalue weighted by molar-refractivity contribution is 0.424. The Hall–Kier alpha value is -3.78. The lowest BCUT2D eigenvalue weighted by atomic mass is 10.1. The molecule has 3 N–H and O–H groups in total. The van der Waals surface area contributed by atoms with Gasteiger partial charge in [-0.2, -0.15) is 0 Å². The summed E-state index contributed by atoms with van der Waals surface area (Å²) in [6, 6.07) is 13.3. The summed E-state index contributed by atoms with van der Waals surface area (Å²) in [4.78, 5) is 21.1. The maximum absolute atomic E-state index is 12.1. The summed E-state index contributed by atoms with van der Waals surface area (Å²) in [7, 11) is 0. The molecule has 0 aliphatic heterocycles. The van der Waals surface area contributed by atoms with Crippen molar-refractivity contribution >= 4 is 5.82 Å². The highest BCUT2D eigenvalue weighted by Crippen LogP contribution is 2.29. The third-order valence-electron chi connectivity index (χ3n) is 5.41.